The Bertz CT molecular complexity index is 1000. The summed E-state index contributed by atoms with van der Waals surface area (Å²) in [6, 6.07) is 5.78. The van der Waals surface area contributed by atoms with Gasteiger partial charge in [0.1, 0.15) is 16.9 Å². The zero-order valence-corrected chi connectivity index (χ0v) is 19.0. The highest BCUT2D eigenvalue weighted by Gasteiger charge is 2.23. The monoisotopic (exact) mass is 439 g/mol. The largest absolute Gasteiger partial charge is 0.380 e. The van der Waals surface area contributed by atoms with Gasteiger partial charge in [0.05, 0.1) is 18.8 Å². The molecule has 0 amide bonds. The van der Waals surface area contributed by atoms with Crippen LogP contribution in [0.4, 0.5) is 17.6 Å². The number of aromatic nitrogens is 5. The molecule has 32 heavy (non-hydrogen) atoms. The zero-order valence-electron chi connectivity index (χ0n) is 19.0. The summed E-state index contributed by atoms with van der Waals surface area (Å²) < 4.78 is 7.54. The van der Waals surface area contributed by atoms with Gasteiger partial charge in [-0.1, -0.05) is 13.0 Å². The predicted octanol–water partition coefficient (Wildman–Crippen LogP) is 1.64. The second kappa shape index (κ2) is 10.7. The van der Waals surface area contributed by atoms with Crippen molar-refractivity contribution in [2.45, 2.75) is 26.8 Å². The van der Waals surface area contributed by atoms with Crippen LogP contribution in [0, 0.1) is 0 Å². The van der Waals surface area contributed by atoms with Crippen LogP contribution in [0.5, 0.6) is 0 Å². The summed E-state index contributed by atoms with van der Waals surface area (Å²) in [5.74, 6) is 2.18. The second-order valence-electron chi connectivity index (χ2n) is 7.75. The number of hydrogen-bond donors (Lipinski definition) is 2. The molecule has 4 rings (SSSR count). The Kier molecular flexibility index (Phi) is 7.46. The van der Waals surface area contributed by atoms with Crippen molar-refractivity contribution in [2.75, 3.05) is 62.7 Å². The quantitative estimate of drug-likeness (QED) is 0.456. The van der Waals surface area contributed by atoms with Crippen molar-refractivity contribution in [2.24, 2.45) is 5.73 Å². The topological polar surface area (TPSA) is 110 Å². The van der Waals surface area contributed by atoms with Crippen molar-refractivity contribution in [1.29, 1.82) is 0 Å². The first-order valence-electron chi connectivity index (χ1n) is 11.4. The lowest BCUT2D eigenvalue weighted by molar-refractivity contribution is 0.137. The molecule has 3 aromatic rings. The molecule has 0 spiro atoms. The summed E-state index contributed by atoms with van der Waals surface area (Å²) in [5.41, 5.74) is 8.46. The molecular formula is C22H33N9O. The van der Waals surface area contributed by atoms with Gasteiger partial charge >= 0.3 is 0 Å². The number of rotatable bonds is 10. The van der Waals surface area contributed by atoms with Crippen molar-refractivity contribution in [3.63, 3.8) is 0 Å². The van der Waals surface area contributed by atoms with Crippen LogP contribution in [0.1, 0.15) is 19.5 Å². The number of hydrogen-bond acceptors (Lipinski definition) is 9. The fourth-order valence-corrected chi connectivity index (χ4v) is 3.97. The minimum atomic E-state index is 0.588. The number of fused-ring (bicyclic) bond motifs is 1. The molecule has 1 saturated heterocycles. The molecule has 172 valence electrons. The minimum absolute atomic E-state index is 0.588. The van der Waals surface area contributed by atoms with E-state index in [1.165, 1.54) is 0 Å². The van der Waals surface area contributed by atoms with Crippen LogP contribution in [0.25, 0.3) is 11.0 Å². The Morgan fingerprint density at radius 1 is 1.09 bits per heavy atom. The average Bonchev–Trinajstić information content (AvgIpc) is 3.18. The van der Waals surface area contributed by atoms with Crippen LogP contribution in [0.2, 0.25) is 0 Å². The van der Waals surface area contributed by atoms with E-state index < -0.39 is 0 Å². The van der Waals surface area contributed by atoms with Gasteiger partial charge in [-0.05, 0) is 25.5 Å². The Balaban J connectivity index is 1.72. The summed E-state index contributed by atoms with van der Waals surface area (Å²) in [7, 11) is 0. The van der Waals surface area contributed by atoms with Crippen LogP contribution in [0.3, 0.4) is 0 Å². The van der Waals surface area contributed by atoms with Gasteiger partial charge in [-0.2, -0.15) is 10.1 Å². The van der Waals surface area contributed by atoms with Gasteiger partial charge in [-0.15, -0.1) is 0 Å². The second-order valence-corrected chi connectivity index (χ2v) is 7.75. The molecular weight excluding hydrogens is 406 g/mol. The number of aryl methyl sites for hydroxylation is 1. The summed E-state index contributed by atoms with van der Waals surface area (Å²) in [6.07, 6.45) is 2.56. The number of nitrogens with one attached hydrogen (secondary N) is 1. The lowest BCUT2D eigenvalue weighted by Crippen LogP contribution is -2.48. The molecule has 3 aromatic heterocycles. The first kappa shape index (κ1) is 22.4. The van der Waals surface area contributed by atoms with E-state index in [9.17, 15) is 0 Å². The number of anilines is 3. The summed E-state index contributed by atoms with van der Waals surface area (Å²) in [6.45, 7) is 11.3. The van der Waals surface area contributed by atoms with E-state index in [2.05, 4.69) is 27.0 Å². The summed E-state index contributed by atoms with van der Waals surface area (Å²) >= 11 is 0. The normalized spacial score (nSPS) is 14.9. The lowest BCUT2D eigenvalue weighted by Gasteiger charge is -2.34. The Morgan fingerprint density at radius 3 is 2.62 bits per heavy atom. The highest BCUT2D eigenvalue weighted by molar-refractivity contribution is 5.90. The number of nitrogens with two attached hydrogens (primary N) is 1. The van der Waals surface area contributed by atoms with Crippen LogP contribution in [-0.4, -0.2) is 82.1 Å². The van der Waals surface area contributed by atoms with Gasteiger partial charge < -0.3 is 20.7 Å². The van der Waals surface area contributed by atoms with Crippen molar-refractivity contribution in [1.82, 2.24) is 29.6 Å². The summed E-state index contributed by atoms with van der Waals surface area (Å²) in [4.78, 5) is 19.0. The molecule has 4 heterocycles. The Labute approximate surface area is 188 Å². The highest BCUT2D eigenvalue weighted by atomic mass is 16.5. The highest BCUT2D eigenvalue weighted by Crippen LogP contribution is 2.29. The van der Waals surface area contributed by atoms with E-state index in [1.54, 1.807) is 6.20 Å². The SMILES string of the molecule is CCOCCn1nc(CC)c2nc(N3CCN(CCN)CC3)nc(Nc3ccccn3)c21. The van der Waals surface area contributed by atoms with Gasteiger partial charge in [0.25, 0.3) is 0 Å². The first-order chi connectivity index (χ1) is 15.7. The third-order valence-corrected chi connectivity index (χ3v) is 5.64. The smallest absolute Gasteiger partial charge is 0.228 e. The molecule has 0 aliphatic carbocycles. The fraction of sp³-hybridized carbons (Fsp3) is 0.545. The van der Waals surface area contributed by atoms with Gasteiger partial charge in [-0.3, -0.25) is 9.58 Å². The van der Waals surface area contributed by atoms with E-state index in [4.69, 9.17) is 25.5 Å². The Hall–Kier alpha value is -2.82. The molecule has 0 bridgehead atoms. The molecule has 1 fully saturated rings. The Morgan fingerprint density at radius 2 is 1.94 bits per heavy atom. The molecule has 1 aliphatic heterocycles. The number of pyridine rings is 1. The van der Waals surface area contributed by atoms with Crippen LogP contribution < -0.4 is 16.0 Å². The standard InChI is InChI=1S/C22H33N9O/c1-3-17-19-20(31(28-17)15-16-32-4-2)21(25-18-7-5-6-9-24-18)27-22(26-19)30-13-11-29(10-8-23)12-14-30/h5-7,9H,3-4,8,10-16,23H2,1-2H3,(H,24,25,26,27). The van der Waals surface area contributed by atoms with Crippen LogP contribution in [0.15, 0.2) is 24.4 Å². The molecule has 0 saturated carbocycles. The van der Waals surface area contributed by atoms with Gasteiger partial charge in [-0.25, -0.2) is 9.97 Å². The maximum Gasteiger partial charge on any atom is 0.228 e. The van der Waals surface area contributed by atoms with E-state index in [0.717, 1.165) is 73.5 Å². The first-order valence-corrected chi connectivity index (χ1v) is 11.4. The third-order valence-electron chi connectivity index (χ3n) is 5.64. The molecule has 3 N–H and O–H groups in total. The maximum absolute atomic E-state index is 5.73. The van der Waals surface area contributed by atoms with Gasteiger partial charge in [0, 0.05) is 52.1 Å². The van der Waals surface area contributed by atoms with Crippen molar-refractivity contribution >= 4 is 28.6 Å². The predicted molar refractivity (Wildman–Crippen MR) is 126 cm³/mol. The van der Waals surface area contributed by atoms with E-state index in [1.807, 2.05) is 29.8 Å². The third kappa shape index (κ3) is 4.98. The molecule has 0 aromatic carbocycles. The molecule has 1 aliphatic rings. The van der Waals surface area contributed by atoms with Gasteiger partial charge in [0.15, 0.2) is 5.82 Å². The molecule has 0 unspecified atom stereocenters. The molecule has 10 heteroatoms. The number of ether oxygens (including phenoxy) is 1. The summed E-state index contributed by atoms with van der Waals surface area (Å²) in [5, 5.41) is 8.24. The average molecular weight is 440 g/mol. The van der Waals surface area contributed by atoms with E-state index in [-0.39, 0.29) is 0 Å². The van der Waals surface area contributed by atoms with Crippen LogP contribution >= 0.6 is 0 Å². The number of nitrogens with zero attached hydrogens (tertiary/aromatic N) is 7. The fourth-order valence-electron chi connectivity index (χ4n) is 3.97. The molecule has 0 atom stereocenters. The van der Waals surface area contributed by atoms with E-state index in [0.29, 0.717) is 26.3 Å². The van der Waals surface area contributed by atoms with Crippen molar-refractivity contribution < 1.29 is 4.74 Å². The van der Waals surface area contributed by atoms with E-state index >= 15 is 0 Å². The van der Waals surface area contributed by atoms with Crippen LogP contribution in [-0.2, 0) is 17.7 Å². The zero-order chi connectivity index (χ0) is 22.3. The molecule has 10 nitrogen and oxygen atoms in total. The molecule has 0 radical (unpaired) electrons. The maximum atomic E-state index is 5.73. The lowest BCUT2D eigenvalue weighted by atomic mass is 10.2. The van der Waals surface area contributed by atoms with Crippen molar-refractivity contribution in [3.8, 4) is 0 Å². The van der Waals surface area contributed by atoms with Gasteiger partial charge in [0.2, 0.25) is 5.95 Å². The number of piperazine rings is 1. The minimum Gasteiger partial charge on any atom is -0.380 e. The van der Waals surface area contributed by atoms with Crippen molar-refractivity contribution in [3.05, 3.63) is 30.1 Å².